The topological polar surface area (TPSA) is 0 Å². The molecule has 0 aliphatic heterocycles. The minimum atomic E-state index is 0.440. The molecule has 3 rings (SSSR count). The summed E-state index contributed by atoms with van der Waals surface area (Å²) in [5, 5.41) is 4.90. The van der Waals surface area contributed by atoms with Gasteiger partial charge in [0.05, 0.1) is 0 Å². The molecule has 16 heavy (non-hydrogen) atoms. The number of hydrogen-bond donors (Lipinski definition) is 0. The number of thiophene rings is 1. The third-order valence-electron chi connectivity index (χ3n) is 2.46. The van der Waals surface area contributed by atoms with Gasteiger partial charge in [0, 0.05) is 0 Å². The van der Waals surface area contributed by atoms with Crippen molar-refractivity contribution >= 4 is 45.3 Å². The molecule has 0 atom stereocenters. The van der Waals surface area contributed by atoms with E-state index in [4.69, 9.17) is 0 Å². The molecule has 0 saturated carbocycles. The predicted octanol–water partition coefficient (Wildman–Crippen LogP) is 2.56. The van der Waals surface area contributed by atoms with Crippen LogP contribution in [-0.2, 0) is 0 Å². The van der Waals surface area contributed by atoms with E-state index < -0.39 is 0 Å². The van der Waals surface area contributed by atoms with Crippen molar-refractivity contribution in [1.29, 1.82) is 0 Å². The Bertz CT molecular complexity index is 594. The van der Waals surface area contributed by atoms with Gasteiger partial charge in [-0.25, -0.2) is 0 Å². The van der Waals surface area contributed by atoms with Gasteiger partial charge in [-0.3, -0.25) is 0 Å². The van der Waals surface area contributed by atoms with E-state index in [9.17, 15) is 0 Å². The molecule has 0 N–H and O–H groups in total. The molecule has 0 unspecified atom stereocenters. The average molecular weight is 289 g/mol. The van der Waals surface area contributed by atoms with Gasteiger partial charge in [0.15, 0.2) is 0 Å². The normalized spacial score (nSPS) is 10.8. The minimum absolute atomic E-state index is 0.440. The molecular weight excluding hydrogens is 279 g/mol. The van der Waals surface area contributed by atoms with Crippen LogP contribution in [0.2, 0.25) is 0 Å². The molecule has 0 fully saturated rings. The van der Waals surface area contributed by atoms with Crippen molar-refractivity contribution in [2.45, 2.75) is 0 Å². The van der Waals surface area contributed by atoms with Crippen LogP contribution in [0.4, 0.5) is 0 Å². The van der Waals surface area contributed by atoms with E-state index in [1.54, 1.807) is 0 Å². The van der Waals surface area contributed by atoms with Gasteiger partial charge >= 0.3 is 105 Å². The molecule has 0 aliphatic rings. The molecule has 1 aromatic heterocycles. The van der Waals surface area contributed by atoms with Crippen LogP contribution in [0.1, 0.15) is 0 Å². The van der Waals surface area contributed by atoms with Crippen LogP contribution < -0.4 is 8.24 Å². The second kappa shape index (κ2) is 4.42. The zero-order valence-corrected chi connectivity index (χ0v) is 11.1. The van der Waals surface area contributed by atoms with Gasteiger partial charge in [-0.1, -0.05) is 0 Å². The molecule has 0 nitrogen and oxygen atoms in total. The Labute approximate surface area is 105 Å². The number of fused-ring (bicyclic) bond motifs is 1. The number of benzene rings is 2. The first-order chi connectivity index (χ1) is 7.93. The monoisotopic (exact) mass is 290 g/mol. The van der Waals surface area contributed by atoms with Crippen LogP contribution in [0.3, 0.4) is 0 Å². The zero-order chi connectivity index (χ0) is 10.8. The van der Waals surface area contributed by atoms with Crippen LogP contribution in [0, 0.1) is 0 Å². The van der Waals surface area contributed by atoms with E-state index in [1.165, 1.54) is 19.0 Å². The fraction of sp³-hybridized carbons (Fsp3) is 0. The Morgan fingerprint density at radius 2 is 1.69 bits per heavy atom. The van der Waals surface area contributed by atoms with Crippen molar-refractivity contribution in [2.24, 2.45) is 0 Å². The van der Waals surface area contributed by atoms with Gasteiger partial charge in [0.1, 0.15) is 0 Å². The summed E-state index contributed by atoms with van der Waals surface area (Å²) in [4.78, 5) is 0. The van der Waals surface area contributed by atoms with Crippen LogP contribution in [0.15, 0.2) is 60.0 Å². The summed E-state index contributed by atoms with van der Waals surface area (Å²) >= 11 is 2.29. The van der Waals surface area contributed by atoms with E-state index in [1.807, 2.05) is 11.3 Å². The van der Waals surface area contributed by atoms with Crippen molar-refractivity contribution < 1.29 is 0 Å². The van der Waals surface area contributed by atoms with Gasteiger partial charge in [-0.05, 0) is 0 Å². The molecule has 1 heterocycles. The van der Waals surface area contributed by atoms with Gasteiger partial charge in [0.2, 0.25) is 0 Å². The summed E-state index contributed by atoms with van der Waals surface area (Å²) in [5.74, 6) is 0. The summed E-state index contributed by atoms with van der Waals surface area (Å²) in [6, 6.07) is 19.6. The second-order valence-corrected chi connectivity index (χ2v) is 7.32. The Morgan fingerprint density at radius 3 is 2.56 bits per heavy atom. The van der Waals surface area contributed by atoms with Crippen molar-refractivity contribution in [1.82, 2.24) is 0 Å². The Hall–Kier alpha value is -1.08. The van der Waals surface area contributed by atoms with Crippen molar-refractivity contribution in [3.8, 4) is 0 Å². The molecule has 0 spiro atoms. The third-order valence-corrected chi connectivity index (χ3v) is 6.07. The van der Waals surface area contributed by atoms with E-state index >= 15 is 0 Å². The van der Waals surface area contributed by atoms with E-state index in [-0.39, 0.29) is 0 Å². The Kier molecular flexibility index (Phi) is 2.79. The first kappa shape index (κ1) is 10.1. The van der Waals surface area contributed by atoms with Crippen LogP contribution in [0.25, 0.3) is 10.8 Å². The Morgan fingerprint density at radius 1 is 0.812 bits per heavy atom. The molecule has 3 aromatic rings. The van der Waals surface area contributed by atoms with E-state index in [2.05, 4.69) is 60.0 Å². The fourth-order valence-electron chi connectivity index (χ4n) is 1.71. The summed E-state index contributed by atoms with van der Waals surface area (Å²) in [5.41, 5.74) is 0. The summed E-state index contributed by atoms with van der Waals surface area (Å²) < 4.78 is 2.97. The molecule has 0 bridgehead atoms. The SMILES string of the molecule is c1csc([Se]c2cccc3ccccc23)c1. The number of rotatable bonds is 2. The summed E-state index contributed by atoms with van der Waals surface area (Å²) in [6.07, 6.45) is 0. The number of hydrogen-bond acceptors (Lipinski definition) is 1. The summed E-state index contributed by atoms with van der Waals surface area (Å²) in [7, 11) is 0. The molecule has 2 heteroatoms. The van der Waals surface area contributed by atoms with E-state index in [0.29, 0.717) is 15.0 Å². The van der Waals surface area contributed by atoms with E-state index in [0.717, 1.165) is 0 Å². The van der Waals surface area contributed by atoms with Crippen molar-refractivity contribution in [2.75, 3.05) is 0 Å². The van der Waals surface area contributed by atoms with Crippen LogP contribution in [0.5, 0.6) is 0 Å². The molecule has 78 valence electrons. The first-order valence-corrected chi connectivity index (χ1v) is 7.72. The van der Waals surface area contributed by atoms with Crippen LogP contribution in [-0.4, -0.2) is 15.0 Å². The zero-order valence-electron chi connectivity index (χ0n) is 8.59. The molecule has 0 aliphatic carbocycles. The van der Waals surface area contributed by atoms with Gasteiger partial charge in [0.25, 0.3) is 0 Å². The van der Waals surface area contributed by atoms with Crippen molar-refractivity contribution in [3.63, 3.8) is 0 Å². The standard InChI is InChI=1S/C14H10SSe/c1-2-7-12-11(5-1)6-3-8-13(12)16-14-9-4-10-15-14/h1-10H. The second-order valence-electron chi connectivity index (χ2n) is 3.51. The molecular formula is C14H10SSe. The molecule has 2 aromatic carbocycles. The fourth-order valence-corrected chi connectivity index (χ4v) is 5.02. The maximum absolute atomic E-state index is 2.25. The first-order valence-electron chi connectivity index (χ1n) is 5.12. The Balaban J connectivity index is 2.10. The molecule has 0 saturated heterocycles. The van der Waals surface area contributed by atoms with Gasteiger partial charge < -0.3 is 0 Å². The third kappa shape index (κ3) is 1.92. The van der Waals surface area contributed by atoms with Gasteiger partial charge in [-0.15, -0.1) is 0 Å². The quantitative estimate of drug-likeness (QED) is 0.636. The van der Waals surface area contributed by atoms with Crippen molar-refractivity contribution in [3.05, 3.63) is 60.0 Å². The predicted molar refractivity (Wildman–Crippen MR) is 73.3 cm³/mol. The molecule has 0 amide bonds. The maximum atomic E-state index is 2.25. The molecule has 0 radical (unpaired) electrons. The average Bonchev–Trinajstić information content (AvgIpc) is 2.82. The van der Waals surface area contributed by atoms with Crippen LogP contribution >= 0.6 is 11.3 Å². The summed E-state index contributed by atoms with van der Waals surface area (Å²) in [6.45, 7) is 0. The van der Waals surface area contributed by atoms with Gasteiger partial charge in [-0.2, -0.15) is 0 Å².